The fourth-order valence-electron chi connectivity index (χ4n) is 4.26. The Hall–Kier alpha value is -3.90. The number of amides is 1. The highest BCUT2D eigenvalue weighted by atomic mass is 35.5. The Bertz CT molecular complexity index is 1470. The Labute approximate surface area is 195 Å². The molecule has 0 radical (unpaired) electrons. The summed E-state index contributed by atoms with van der Waals surface area (Å²) in [6.07, 6.45) is 4.51. The van der Waals surface area contributed by atoms with Crippen molar-refractivity contribution in [3.8, 4) is 22.6 Å². The molecule has 3 aromatic heterocycles. The van der Waals surface area contributed by atoms with Crippen LogP contribution in [-0.4, -0.2) is 31.9 Å². The zero-order valence-corrected chi connectivity index (χ0v) is 18.4. The average Bonchev–Trinajstić information content (AvgIpc) is 3.48. The van der Waals surface area contributed by atoms with Crippen LogP contribution in [0.4, 0.5) is 0 Å². The van der Waals surface area contributed by atoms with Crippen molar-refractivity contribution in [3.63, 3.8) is 0 Å². The van der Waals surface area contributed by atoms with Crippen LogP contribution in [0.25, 0.3) is 28.2 Å². The molecule has 162 valence electrons. The van der Waals surface area contributed by atoms with Crippen molar-refractivity contribution < 1.29 is 9.32 Å². The Morgan fingerprint density at radius 2 is 1.82 bits per heavy atom. The summed E-state index contributed by atoms with van der Waals surface area (Å²) in [7, 11) is 0. The second-order valence-corrected chi connectivity index (χ2v) is 8.53. The van der Waals surface area contributed by atoms with Gasteiger partial charge in [0, 0.05) is 52.6 Å². The number of pyridine rings is 1. The number of nitrogens with zero attached hydrogens (tertiary/aromatic N) is 4. The zero-order chi connectivity index (χ0) is 22.4. The minimum atomic E-state index is -0.0318. The molecule has 1 amide bonds. The van der Waals surface area contributed by atoms with Crippen molar-refractivity contribution in [2.24, 2.45) is 0 Å². The first-order valence-corrected chi connectivity index (χ1v) is 11.1. The fraction of sp³-hybridized carbons (Fsp3) is 0.115. The molecule has 0 saturated heterocycles. The number of rotatable bonds is 3. The predicted molar refractivity (Wildman–Crippen MR) is 126 cm³/mol. The number of carbonyl (C=O) groups excluding carboxylic acids is 1. The van der Waals surface area contributed by atoms with Gasteiger partial charge in [0.25, 0.3) is 5.91 Å². The maximum absolute atomic E-state index is 13.4. The predicted octanol–water partition coefficient (Wildman–Crippen LogP) is 5.51. The Morgan fingerprint density at radius 3 is 2.64 bits per heavy atom. The van der Waals surface area contributed by atoms with E-state index < -0.39 is 0 Å². The summed E-state index contributed by atoms with van der Waals surface area (Å²) < 4.78 is 7.57. The van der Waals surface area contributed by atoms with Crippen LogP contribution in [0.5, 0.6) is 0 Å². The van der Waals surface area contributed by atoms with Gasteiger partial charge < -0.3 is 13.8 Å². The smallest absolute Gasteiger partial charge is 0.254 e. The van der Waals surface area contributed by atoms with E-state index in [1.54, 1.807) is 0 Å². The number of imidazole rings is 1. The van der Waals surface area contributed by atoms with Gasteiger partial charge >= 0.3 is 0 Å². The van der Waals surface area contributed by atoms with Crippen LogP contribution >= 0.6 is 11.6 Å². The molecular formula is C26H19ClN4O2. The van der Waals surface area contributed by atoms with E-state index in [1.165, 1.54) is 0 Å². The molecule has 0 fully saturated rings. The van der Waals surface area contributed by atoms with Crippen LogP contribution in [0.2, 0.25) is 5.02 Å². The van der Waals surface area contributed by atoms with Crippen molar-refractivity contribution in [2.75, 3.05) is 6.54 Å². The van der Waals surface area contributed by atoms with Crippen LogP contribution in [0.1, 0.15) is 21.6 Å². The van der Waals surface area contributed by atoms with Crippen LogP contribution in [-0.2, 0) is 13.0 Å². The molecule has 6 nitrogen and oxygen atoms in total. The molecule has 0 bridgehead atoms. The van der Waals surface area contributed by atoms with Gasteiger partial charge in [0.2, 0.25) is 0 Å². The van der Waals surface area contributed by atoms with Gasteiger partial charge in [-0.05, 0) is 36.4 Å². The number of benzene rings is 2. The molecular weight excluding hydrogens is 436 g/mol. The van der Waals surface area contributed by atoms with E-state index in [9.17, 15) is 4.79 Å². The van der Waals surface area contributed by atoms with E-state index in [2.05, 4.69) is 5.16 Å². The Balaban J connectivity index is 1.28. The second kappa shape index (κ2) is 7.90. The quantitative estimate of drug-likeness (QED) is 0.360. The number of carbonyl (C=O) groups is 1. The van der Waals surface area contributed by atoms with Crippen LogP contribution in [0, 0.1) is 0 Å². The highest BCUT2D eigenvalue weighted by Crippen LogP contribution is 2.32. The average molecular weight is 455 g/mol. The minimum absolute atomic E-state index is 0.0318. The third kappa shape index (κ3) is 3.58. The molecule has 5 aromatic rings. The molecule has 4 heterocycles. The lowest BCUT2D eigenvalue weighted by Crippen LogP contribution is -2.36. The molecule has 0 spiro atoms. The largest absolute Gasteiger partial charge is 0.356 e. The van der Waals surface area contributed by atoms with Crippen molar-refractivity contribution in [1.82, 2.24) is 19.4 Å². The van der Waals surface area contributed by atoms with E-state index in [-0.39, 0.29) is 5.91 Å². The van der Waals surface area contributed by atoms with E-state index in [0.29, 0.717) is 35.9 Å². The fourth-order valence-corrected chi connectivity index (χ4v) is 4.39. The molecule has 7 heteroatoms. The molecule has 1 aliphatic heterocycles. The maximum Gasteiger partial charge on any atom is 0.254 e. The van der Waals surface area contributed by atoms with Gasteiger partial charge in [0.1, 0.15) is 5.65 Å². The Kier molecular flexibility index (Phi) is 4.73. The number of aromatic nitrogens is 3. The monoisotopic (exact) mass is 454 g/mol. The molecule has 0 unspecified atom stereocenters. The molecule has 2 aromatic carbocycles. The van der Waals surface area contributed by atoms with E-state index >= 15 is 0 Å². The summed E-state index contributed by atoms with van der Waals surface area (Å²) in [6.45, 7) is 1.04. The number of fused-ring (bicyclic) bond motifs is 2. The SMILES string of the molecule is O=C(c1ccn2cc(-c3ccccc3)nc2c1)N1CCc2noc(-c3ccc(Cl)cc3)c2C1. The first-order valence-electron chi connectivity index (χ1n) is 10.7. The lowest BCUT2D eigenvalue weighted by Gasteiger charge is -2.26. The van der Waals surface area contributed by atoms with Crippen molar-refractivity contribution in [3.05, 3.63) is 101 Å². The Morgan fingerprint density at radius 1 is 1.00 bits per heavy atom. The normalized spacial score (nSPS) is 13.3. The topological polar surface area (TPSA) is 63.6 Å². The molecule has 0 atom stereocenters. The summed E-state index contributed by atoms with van der Waals surface area (Å²) in [4.78, 5) is 19.9. The lowest BCUT2D eigenvalue weighted by molar-refractivity contribution is 0.0734. The highest BCUT2D eigenvalue weighted by Gasteiger charge is 2.28. The molecule has 1 aliphatic rings. The van der Waals surface area contributed by atoms with Gasteiger partial charge in [-0.2, -0.15) is 0 Å². The van der Waals surface area contributed by atoms with Gasteiger partial charge in [-0.3, -0.25) is 4.79 Å². The third-order valence-corrected chi connectivity index (χ3v) is 6.26. The lowest BCUT2D eigenvalue weighted by atomic mass is 10.0. The highest BCUT2D eigenvalue weighted by molar-refractivity contribution is 6.30. The van der Waals surface area contributed by atoms with E-state index in [1.807, 2.05) is 88.4 Å². The van der Waals surface area contributed by atoms with Gasteiger partial charge in [-0.25, -0.2) is 4.98 Å². The van der Waals surface area contributed by atoms with Crippen molar-refractivity contribution >= 4 is 23.2 Å². The first-order chi connectivity index (χ1) is 16.2. The maximum atomic E-state index is 13.4. The molecule has 6 rings (SSSR count). The number of hydrogen-bond donors (Lipinski definition) is 0. The first kappa shape index (κ1) is 19.8. The minimum Gasteiger partial charge on any atom is -0.356 e. The summed E-state index contributed by atoms with van der Waals surface area (Å²) in [5.74, 6) is 0.658. The number of halogens is 1. The van der Waals surface area contributed by atoms with Gasteiger partial charge in [-0.1, -0.05) is 47.1 Å². The van der Waals surface area contributed by atoms with Gasteiger partial charge in [-0.15, -0.1) is 0 Å². The zero-order valence-electron chi connectivity index (χ0n) is 17.6. The van der Waals surface area contributed by atoms with Crippen molar-refractivity contribution in [1.29, 1.82) is 0 Å². The van der Waals surface area contributed by atoms with Crippen LogP contribution in [0.3, 0.4) is 0 Å². The van der Waals surface area contributed by atoms with E-state index in [0.717, 1.165) is 33.7 Å². The molecule has 33 heavy (non-hydrogen) atoms. The number of hydrogen-bond acceptors (Lipinski definition) is 4. The summed E-state index contributed by atoms with van der Waals surface area (Å²) in [5.41, 5.74) is 6.02. The molecule has 0 aliphatic carbocycles. The standard InChI is InChI=1S/C26H19ClN4O2/c27-20-8-6-18(7-9-20)25-21-15-31(13-11-22(21)29-33-25)26(32)19-10-12-30-16-23(28-24(30)14-19)17-4-2-1-3-5-17/h1-10,12,14,16H,11,13,15H2. The summed E-state index contributed by atoms with van der Waals surface area (Å²) in [6, 6.07) is 21.1. The van der Waals surface area contributed by atoms with Gasteiger partial charge in [0.05, 0.1) is 17.9 Å². The van der Waals surface area contributed by atoms with Crippen LogP contribution < -0.4 is 0 Å². The summed E-state index contributed by atoms with van der Waals surface area (Å²) >= 11 is 6.02. The molecule has 0 N–H and O–H groups in total. The summed E-state index contributed by atoms with van der Waals surface area (Å²) in [5, 5.41) is 4.90. The van der Waals surface area contributed by atoms with Crippen molar-refractivity contribution in [2.45, 2.75) is 13.0 Å². The third-order valence-electron chi connectivity index (χ3n) is 6.01. The van der Waals surface area contributed by atoms with Gasteiger partial charge in [0.15, 0.2) is 5.76 Å². The second-order valence-electron chi connectivity index (χ2n) is 8.09. The van der Waals surface area contributed by atoms with Crippen LogP contribution in [0.15, 0.2) is 83.6 Å². The molecule has 0 saturated carbocycles. The van der Waals surface area contributed by atoms with E-state index in [4.69, 9.17) is 21.1 Å².